The lowest BCUT2D eigenvalue weighted by Crippen LogP contribution is -2.03. The third-order valence-electron chi connectivity index (χ3n) is 2.88. The van der Waals surface area contributed by atoms with Gasteiger partial charge in [-0.1, -0.05) is 12.8 Å². The topological polar surface area (TPSA) is 121 Å². The van der Waals surface area contributed by atoms with E-state index >= 15 is 0 Å². The summed E-state index contributed by atoms with van der Waals surface area (Å²) in [7, 11) is 0. The van der Waals surface area contributed by atoms with E-state index < -0.39 is 25.4 Å². The van der Waals surface area contributed by atoms with E-state index in [2.05, 4.69) is 0 Å². The molecule has 0 aromatic carbocycles. The predicted molar refractivity (Wildman–Crippen MR) is 119 cm³/mol. The Bertz CT molecular complexity index is 480. The van der Waals surface area contributed by atoms with Gasteiger partial charge >= 0.3 is 25.4 Å². The molecule has 2 N–H and O–H groups in total. The predicted octanol–water partition coefficient (Wildman–Crippen LogP) is 5.09. The van der Waals surface area contributed by atoms with Gasteiger partial charge in [0.05, 0.1) is 26.4 Å². The molecule has 0 rings (SSSR count). The van der Waals surface area contributed by atoms with E-state index in [-0.39, 0.29) is 12.8 Å². The van der Waals surface area contributed by atoms with Gasteiger partial charge in [-0.15, -0.1) is 0 Å². The van der Waals surface area contributed by atoms with Crippen LogP contribution in [0.1, 0.15) is 66.2 Å². The lowest BCUT2D eigenvalue weighted by Gasteiger charge is -2.27. The number of carbonyl (C=O) groups is 2. The average Bonchev–Trinajstić information content (AvgIpc) is 2.58. The van der Waals surface area contributed by atoms with Crippen molar-refractivity contribution >= 4 is 49.0 Å². The summed E-state index contributed by atoms with van der Waals surface area (Å²) < 4.78 is 26.9. The van der Waals surface area contributed by atoms with Crippen molar-refractivity contribution in [1.29, 1.82) is 0 Å². The SMILES string of the molecule is CCOP(=S)(OCC)OP(=S)(OCC)OCC.O=C(O)CCCCCCC(=O)O. The molecule has 0 aliphatic rings. The molecule has 0 unspecified atom stereocenters. The van der Waals surface area contributed by atoms with Gasteiger partial charge in [0.1, 0.15) is 0 Å². The molecule has 0 saturated heterocycles. The largest absolute Gasteiger partial charge is 0.481 e. The molecule has 13 heteroatoms. The van der Waals surface area contributed by atoms with Gasteiger partial charge in [-0.2, -0.15) is 0 Å². The summed E-state index contributed by atoms with van der Waals surface area (Å²) in [6.45, 7) is 3.09. The second-order valence-corrected chi connectivity index (χ2v) is 11.5. The monoisotopic (exact) mass is 496 g/mol. The van der Waals surface area contributed by atoms with E-state index in [0.717, 1.165) is 12.8 Å². The van der Waals surface area contributed by atoms with Crippen molar-refractivity contribution in [2.24, 2.45) is 0 Å². The van der Waals surface area contributed by atoms with Gasteiger partial charge in [-0.25, -0.2) is 4.31 Å². The normalized spacial score (nSPS) is 11.6. The quantitative estimate of drug-likeness (QED) is 0.207. The fourth-order valence-corrected chi connectivity index (χ4v) is 8.20. The van der Waals surface area contributed by atoms with Crippen LogP contribution in [0, 0.1) is 0 Å². The molecular formula is C16H34O9P2S2. The van der Waals surface area contributed by atoms with Gasteiger partial charge in [0.25, 0.3) is 0 Å². The molecule has 0 fully saturated rings. The van der Waals surface area contributed by atoms with Crippen LogP contribution in [0.4, 0.5) is 0 Å². The first-order valence-electron chi connectivity index (χ1n) is 9.51. The molecule has 0 aliphatic carbocycles. The number of rotatable bonds is 17. The highest BCUT2D eigenvalue weighted by Crippen LogP contribution is 2.66. The van der Waals surface area contributed by atoms with Crippen LogP contribution < -0.4 is 0 Å². The van der Waals surface area contributed by atoms with Crippen LogP contribution in [0.5, 0.6) is 0 Å². The van der Waals surface area contributed by atoms with Crippen LogP contribution in [0.25, 0.3) is 0 Å². The second kappa shape index (κ2) is 18.8. The summed E-state index contributed by atoms with van der Waals surface area (Å²) in [4.78, 5) is 20.1. The number of carboxylic acids is 2. The molecular weight excluding hydrogens is 462 g/mol. The van der Waals surface area contributed by atoms with E-state index in [9.17, 15) is 9.59 Å². The van der Waals surface area contributed by atoms with E-state index in [1.54, 1.807) is 0 Å². The first kappa shape index (κ1) is 31.2. The third-order valence-corrected chi connectivity index (χ3v) is 9.24. The van der Waals surface area contributed by atoms with Crippen LogP contribution in [-0.4, -0.2) is 48.6 Å². The number of hydrogen-bond acceptors (Lipinski definition) is 9. The molecule has 29 heavy (non-hydrogen) atoms. The van der Waals surface area contributed by atoms with Gasteiger partial charge in [0.15, 0.2) is 0 Å². The fraction of sp³-hybridized carbons (Fsp3) is 0.875. The highest BCUT2D eigenvalue weighted by atomic mass is 32.5. The molecule has 0 saturated carbocycles. The Hall–Kier alpha value is 0.0400. The Morgan fingerprint density at radius 1 is 0.655 bits per heavy atom. The second-order valence-electron chi connectivity index (χ2n) is 5.35. The molecule has 0 radical (unpaired) electrons. The molecule has 9 nitrogen and oxygen atoms in total. The van der Waals surface area contributed by atoms with E-state index in [1.165, 1.54) is 0 Å². The third kappa shape index (κ3) is 19.7. The van der Waals surface area contributed by atoms with Gasteiger partial charge in [-0.3, -0.25) is 9.59 Å². The summed E-state index contributed by atoms with van der Waals surface area (Å²) in [6.07, 6.45) is 3.28. The van der Waals surface area contributed by atoms with Crippen molar-refractivity contribution < 1.29 is 42.2 Å². The van der Waals surface area contributed by atoms with Crippen LogP contribution in [0.3, 0.4) is 0 Å². The molecule has 0 bridgehead atoms. The highest BCUT2D eigenvalue weighted by Gasteiger charge is 2.31. The molecule has 0 amide bonds. The lowest BCUT2D eigenvalue weighted by molar-refractivity contribution is -0.138. The van der Waals surface area contributed by atoms with Crippen LogP contribution >= 0.6 is 13.4 Å². The van der Waals surface area contributed by atoms with Crippen molar-refractivity contribution in [3.05, 3.63) is 0 Å². The Morgan fingerprint density at radius 2 is 0.931 bits per heavy atom. The fourth-order valence-electron chi connectivity index (χ4n) is 1.83. The summed E-state index contributed by atoms with van der Waals surface area (Å²) >= 11 is 10.4. The van der Waals surface area contributed by atoms with Crippen molar-refractivity contribution in [1.82, 2.24) is 0 Å². The summed E-state index contributed by atoms with van der Waals surface area (Å²) in [5, 5.41) is 16.5. The molecule has 0 atom stereocenters. The van der Waals surface area contributed by atoms with Crippen molar-refractivity contribution in [2.45, 2.75) is 66.2 Å². The molecule has 0 aromatic heterocycles. The van der Waals surface area contributed by atoms with Crippen molar-refractivity contribution in [3.63, 3.8) is 0 Å². The Kier molecular flexibility index (Phi) is 20.2. The first-order valence-corrected chi connectivity index (χ1v) is 14.6. The van der Waals surface area contributed by atoms with Gasteiger partial charge in [0, 0.05) is 12.8 Å². The Morgan fingerprint density at radius 3 is 1.14 bits per heavy atom. The Labute approximate surface area is 183 Å². The Balaban J connectivity index is 0. The molecule has 0 aromatic rings. The number of aliphatic carboxylic acids is 2. The van der Waals surface area contributed by atoms with E-state index in [1.807, 2.05) is 27.7 Å². The summed E-state index contributed by atoms with van der Waals surface area (Å²) in [5.74, 6) is -1.57. The maximum absolute atomic E-state index is 10.0. The van der Waals surface area contributed by atoms with Crippen LogP contribution in [-0.2, 0) is 55.6 Å². The zero-order chi connectivity index (χ0) is 22.8. The highest BCUT2D eigenvalue weighted by molar-refractivity contribution is 8.14. The van der Waals surface area contributed by atoms with Gasteiger partial charge in [-0.05, 0) is 64.2 Å². The molecule has 0 spiro atoms. The van der Waals surface area contributed by atoms with E-state index in [0.29, 0.717) is 39.3 Å². The minimum absolute atomic E-state index is 0.188. The summed E-state index contributed by atoms with van der Waals surface area (Å²) in [6, 6.07) is 0. The maximum atomic E-state index is 10.0. The van der Waals surface area contributed by atoms with E-state index in [4.69, 9.17) is 56.2 Å². The lowest BCUT2D eigenvalue weighted by atomic mass is 10.1. The number of hydrogen-bond donors (Lipinski definition) is 2. The van der Waals surface area contributed by atoms with Crippen molar-refractivity contribution in [3.8, 4) is 0 Å². The molecule has 174 valence electrons. The molecule has 0 heterocycles. The smallest absolute Gasteiger partial charge is 0.334 e. The minimum atomic E-state index is -2.87. The summed E-state index contributed by atoms with van der Waals surface area (Å²) in [5.41, 5.74) is 0. The zero-order valence-electron chi connectivity index (χ0n) is 17.5. The van der Waals surface area contributed by atoms with Crippen LogP contribution in [0.15, 0.2) is 0 Å². The zero-order valence-corrected chi connectivity index (χ0v) is 21.0. The standard InChI is InChI=1S/C8H20O5P2S2.C8H14O4/c1-5-9-14(16,10-6-2)13-15(17,11-7-3)12-8-4;9-7(10)5-3-1-2-4-6-8(11)12/h5-8H2,1-4H3;1-6H2,(H,9,10)(H,11,12). The van der Waals surface area contributed by atoms with Crippen molar-refractivity contribution in [2.75, 3.05) is 26.4 Å². The van der Waals surface area contributed by atoms with Crippen LogP contribution in [0.2, 0.25) is 0 Å². The number of unbranched alkanes of at least 4 members (excludes halogenated alkanes) is 3. The van der Waals surface area contributed by atoms with Gasteiger partial charge in [0.2, 0.25) is 0 Å². The van der Waals surface area contributed by atoms with Gasteiger partial charge < -0.3 is 28.3 Å². The molecule has 0 aliphatic heterocycles. The average molecular weight is 497 g/mol. The number of carboxylic acid groups (broad SMARTS) is 2. The first-order chi connectivity index (χ1) is 13.6. The minimum Gasteiger partial charge on any atom is -0.481 e. The maximum Gasteiger partial charge on any atom is 0.334 e.